The number of hydrogen-bond donors (Lipinski definition) is 0. The van der Waals surface area contributed by atoms with Gasteiger partial charge in [0.15, 0.2) is 0 Å². The quantitative estimate of drug-likeness (QED) is 0.819. The van der Waals surface area contributed by atoms with Crippen molar-refractivity contribution in [2.24, 2.45) is 5.92 Å². The number of ether oxygens (including phenoxy) is 1. The second kappa shape index (κ2) is 7.53. The average Bonchev–Trinajstić information content (AvgIpc) is 3.39. The molecule has 1 saturated heterocycles. The molecule has 130 valence electrons. The van der Waals surface area contributed by atoms with Crippen LogP contribution in [-0.2, 0) is 20.9 Å². The van der Waals surface area contributed by atoms with Crippen LogP contribution in [0.5, 0.6) is 0 Å². The largest absolute Gasteiger partial charge is 0.377 e. The normalized spacial score (nSPS) is 20.8. The van der Waals surface area contributed by atoms with E-state index in [9.17, 15) is 9.59 Å². The predicted molar refractivity (Wildman–Crippen MR) is 91.6 cm³/mol. The highest BCUT2D eigenvalue weighted by molar-refractivity contribution is 6.31. The van der Waals surface area contributed by atoms with Crippen molar-refractivity contribution in [2.75, 3.05) is 26.3 Å². The van der Waals surface area contributed by atoms with Crippen LogP contribution in [0, 0.1) is 5.92 Å². The molecular weight excluding hydrogens is 328 g/mol. The van der Waals surface area contributed by atoms with Gasteiger partial charge in [0.1, 0.15) is 6.04 Å². The first-order valence-corrected chi connectivity index (χ1v) is 8.81. The summed E-state index contributed by atoms with van der Waals surface area (Å²) in [5, 5.41) is 0.661. The van der Waals surface area contributed by atoms with Crippen molar-refractivity contribution in [3.63, 3.8) is 0 Å². The van der Waals surface area contributed by atoms with Crippen molar-refractivity contribution in [2.45, 2.75) is 32.4 Å². The second-order valence-electron chi connectivity index (χ2n) is 6.56. The van der Waals surface area contributed by atoms with Crippen molar-refractivity contribution < 1.29 is 14.3 Å². The molecule has 1 atom stereocenters. The number of nitrogens with zero attached hydrogens (tertiary/aromatic N) is 2. The van der Waals surface area contributed by atoms with Gasteiger partial charge in [-0.05, 0) is 30.4 Å². The Kier molecular flexibility index (Phi) is 5.41. The topological polar surface area (TPSA) is 49.9 Å². The van der Waals surface area contributed by atoms with Crippen molar-refractivity contribution in [1.29, 1.82) is 0 Å². The first-order chi connectivity index (χ1) is 11.6. The highest BCUT2D eigenvalue weighted by atomic mass is 35.5. The molecule has 1 aliphatic heterocycles. The van der Waals surface area contributed by atoms with Gasteiger partial charge in [0, 0.05) is 31.6 Å². The maximum Gasteiger partial charge on any atom is 0.248 e. The molecule has 2 fully saturated rings. The van der Waals surface area contributed by atoms with Crippen molar-refractivity contribution >= 4 is 23.4 Å². The Labute approximate surface area is 147 Å². The van der Waals surface area contributed by atoms with Gasteiger partial charge in [-0.15, -0.1) is 0 Å². The zero-order valence-corrected chi connectivity index (χ0v) is 14.7. The van der Waals surface area contributed by atoms with Gasteiger partial charge < -0.3 is 14.5 Å². The van der Waals surface area contributed by atoms with E-state index in [1.54, 1.807) is 4.90 Å². The lowest BCUT2D eigenvalue weighted by atomic mass is 10.1. The van der Waals surface area contributed by atoms with E-state index in [-0.39, 0.29) is 18.4 Å². The molecule has 1 saturated carbocycles. The molecule has 1 aromatic carbocycles. The zero-order chi connectivity index (χ0) is 17.1. The van der Waals surface area contributed by atoms with Gasteiger partial charge in [-0.1, -0.05) is 29.8 Å². The summed E-state index contributed by atoms with van der Waals surface area (Å²) in [6.45, 7) is 3.90. The molecule has 1 aliphatic carbocycles. The number of amides is 2. The summed E-state index contributed by atoms with van der Waals surface area (Å²) >= 11 is 6.26. The summed E-state index contributed by atoms with van der Waals surface area (Å²) in [6, 6.07) is 7.05. The number of benzene rings is 1. The molecule has 0 aromatic heterocycles. The third-order valence-electron chi connectivity index (χ3n) is 4.62. The van der Waals surface area contributed by atoms with Crippen LogP contribution in [0.1, 0.15) is 25.3 Å². The van der Waals surface area contributed by atoms with Gasteiger partial charge in [-0.25, -0.2) is 0 Å². The van der Waals surface area contributed by atoms with E-state index in [0.717, 1.165) is 18.4 Å². The van der Waals surface area contributed by atoms with Gasteiger partial charge in [0.05, 0.1) is 13.2 Å². The van der Waals surface area contributed by atoms with Crippen LogP contribution in [0.25, 0.3) is 0 Å². The summed E-state index contributed by atoms with van der Waals surface area (Å²) < 4.78 is 5.46. The third kappa shape index (κ3) is 4.08. The van der Waals surface area contributed by atoms with Crippen LogP contribution in [0.4, 0.5) is 0 Å². The Balaban J connectivity index is 1.77. The van der Waals surface area contributed by atoms with Crippen molar-refractivity contribution in [3.8, 4) is 0 Å². The van der Waals surface area contributed by atoms with Gasteiger partial charge in [0.2, 0.25) is 11.8 Å². The Bertz CT molecular complexity index is 618. The fourth-order valence-electron chi connectivity index (χ4n) is 3.07. The lowest BCUT2D eigenvalue weighted by Crippen LogP contribution is -2.56. The minimum absolute atomic E-state index is 0.0447. The Morgan fingerprint density at radius 1 is 1.33 bits per heavy atom. The van der Waals surface area contributed by atoms with Crippen molar-refractivity contribution in [3.05, 3.63) is 34.9 Å². The van der Waals surface area contributed by atoms with E-state index in [1.165, 1.54) is 6.92 Å². The lowest BCUT2D eigenvalue weighted by molar-refractivity contribution is -0.153. The molecule has 0 radical (unpaired) electrons. The van der Waals surface area contributed by atoms with Crippen LogP contribution in [0.2, 0.25) is 5.02 Å². The minimum atomic E-state index is -0.530. The summed E-state index contributed by atoms with van der Waals surface area (Å²) in [7, 11) is 0. The zero-order valence-electron chi connectivity index (χ0n) is 13.9. The molecule has 0 N–H and O–H groups in total. The summed E-state index contributed by atoms with van der Waals surface area (Å²) in [6.07, 6.45) is 2.31. The van der Waals surface area contributed by atoms with E-state index in [1.807, 2.05) is 29.2 Å². The van der Waals surface area contributed by atoms with Crippen LogP contribution in [0.3, 0.4) is 0 Å². The number of morpholine rings is 1. The first-order valence-electron chi connectivity index (χ1n) is 8.43. The smallest absolute Gasteiger partial charge is 0.248 e. The SMILES string of the molecule is CC(=O)N1CCOCC1C(=O)N(Cc1ccccc1Cl)CC1CC1. The van der Waals surface area contributed by atoms with E-state index in [2.05, 4.69) is 0 Å². The molecule has 1 aromatic rings. The summed E-state index contributed by atoms with van der Waals surface area (Å²) in [4.78, 5) is 28.4. The molecular formula is C18H23ClN2O3. The monoisotopic (exact) mass is 350 g/mol. The maximum atomic E-state index is 13.1. The molecule has 3 rings (SSSR count). The molecule has 2 aliphatic rings. The second-order valence-corrected chi connectivity index (χ2v) is 6.96. The molecule has 1 heterocycles. The van der Waals surface area contributed by atoms with E-state index < -0.39 is 6.04 Å². The predicted octanol–water partition coefficient (Wildman–Crippen LogP) is 2.33. The molecule has 6 heteroatoms. The summed E-state index contributed by atoms with van der Waals surface area (Å²) in [5.74, 6) is 0.434. The van der Waals surface area contributed by atoms with Crippen LogP contribution in [-0.4, -0.2) is 54.0 Å². The average molecular weight is 351 g/mol. The lowest BCUT2D eigenvalue weighted by Gasteiger charge is -2.37. The first kappa shape index (κ1) is 17.2. The van der Waals surface area contributed by atoms with Gasteiger partial charge in [-0.3, -0.25) is 9.59 Å². The van der Waals surface area contributed by atoms with E-state index in [0.29, 0.717) is 37.2 Å². The number of carbonyl (C=O) groups excluding carboxylic acids is 2. The number of halogens is 1. The number of hydrogen-bond acceptors (Lipinski definition) is 3. The Morgan fingerprint density at radius 2 is 2.08 bits per heavy atom. The van der Waals surface area contributed by atoms with Crippen LogP contribution in [0.15, 0.2) is 24.3 Å². The minimum Gasteiger partial charge on any atom is -0.377 e. The Morgan fingerprint density at radius 3 is 2.75 bits per heavy atom. The molecule has 5 nitrogen and oxygen atoms in total. The van der Waals surface area contributed by atoms with Crippen LogP contribution < -0.4 is 0 Å². The highest BCUT2D eigenvalue weighted by Gasteiger charge is 2.36. The number of rotatable bonds is 5. The van der Waals surface area contributed by atoms with Crippen molar-refractivity contribution in [1.82, 2.24) is 9.80 Å². The third-order valence-corrected chi connectivity index (χ3v) is 4.99. The highest BCUT2D eigenvalue weighted by Crippen LogP contribution is 2.31. The maximum absolute atomic E-state index is 13.1. The molecule has 0 spiro atoms. The van der Waals surface area contributed by atoms with Gasteiger partial charge in [-0.2, -0.15) is 0 Å². The standard InChI is InChI=1S/C18H23ClN2O3/c1-13(22)21-8-9-24-12-17(21)18(23)20(10-14-6-7-14)11-15-4-2-3-5-16(15)19/h2-5,14,17H,6-12H2,1H3. The van der Waals surface area contributed by atoms with Gasteiger partial charge >= 0.3 is 0 Å². The van der Waals surface area contributed by atoms with Crippen LogP contribution >= 0.6 is 11.6 Å². The fourth-order valence-corrected chi connectivity index (χ4v) is 3.27. The molecule has 24 heavy (non-hydrogen) atoms. The Hall–Kier alpha value is -1.59. The van der Waals surface area contributed by atoms with Gasteiger partial charge in [0.25, 0.3) is 0 Å². The van der Waals surface area contributed by atoms with E-state index in [4.69, 9.17) is 16.3 Å². The molecule has 0 bridgehead atoms. The fraction of sp³-hybridized carbons (Fsp3) is 0.556. The number of carbonyl (C=O) groups is 2. The summed E-state index contributed by atoms with van der Waals surface area (Å²) in [5.41, 5.74) is 0.930. The molecule has 1 unspecified atom stereocenters. The van der Waals surface area contributed by atoms with E-state index >= 15 is 0 Å². The molecule has 2 amide bonds.